The van der Waals surface area contributed by atoms with Crippen LogP contribution in [0.25, 0.3) is 16.2 Å². The summed E-state index contributed by atoms with van der Waals surface area (Å²) in [6, 6.07) is 12.2. The maximum Gasteiger partial charge on any atom is 0.271 e. The van der Waals surface area contributed by atoms with Gasteiger partial charge in [-0.1, -0.05) is 107 Å². The van der Waals surface area contributed by atoms with Crippen LogP contribution in [-0.4, -0.2) is 33.8 Å². The van der Waals surface area contributed by atoms with Gasteiger partial charge in [0.1, 0.15) is 4.95 Å². The number of sulfonamides is 1. The minimum absolute atomic E-state index is 0.0228. The van der Waals surface area contributed by atoms with Crippen LogP contribution < -0.4 is 4.72 Å². The Bertz CT molecular complexity index is 1920. The highest BCUT2D eigenvalue weighted by Crippen LogP contribution is 2.48. The van der Waals surface area contributed by atoms with Crippen molar-refractivity contribution in [2.45, 2.75) is 112 Å². The van der Waals surface area contributed by atoms with E-state index in [4.69, 9.17) is 0 Å². The molecule has 0 saturated carbocycles. The fourth-order valence-electron chi connectivity index (χ4n) is 6.86. The number of nitrogens with zero attached hydrogens (tertiary/aromatic N) is 3. The molecule has 1 N–H and O–H groups in total. The molecular weight excluding hydrogens is 656 g/mol. The van der Waals surface area contributed by atoms with Crippen LogP contribution in [0.1, 0.15) is 114 Å². The van der Waals surface area contributed by atoms with E-state index in [2.05, 4.69) is 104 Å². The second kappa shape index (κ2) is 10.3. The molecule has 44 heavy (non-hydrogen) atoms. The molecule has 4 aromatic rings. The third-order valence-electron chi connectivity index (χ3n) is 10.1. The summed E-state index contributed by atoms with van der Waals surface area (Å²) in [6.45, 7) is 18.0. The van der Waals surface area contributed by atoms with E-state index < -0.39 is 15.0 Å². The van der Waals surface area contributed by atoms with Gasteiger partial charge < -0.3 is 0 Å². The van der Waals surface area contributed by atoms with Gasteiger partial charge in [0.15, 0.2) is 5.78 Å². The molecule has 0 spiro atoms. The second-order valence-electron chi connectivity index (χ2n) is 15.1. The zero-order chi connectivity index (χ0) is 32.0. The van der Waals surface area contributed by atoms with Crippen LogP contribution >= 0.6 is 27.3 Å². The summed E-state index contributed by atoms with van der Waals surface area (Å²) < 4.78 is 30.9. The molecule has 0 fully saturated rings. The highest BCUT2D eigenvalue weighted by molar-refractivity contribution is 9.10. The Morgan fingerprint density at radius 3 is 1.95 bits per heavy atom. The lowest BCUT2D eigenvalue weighted by Crippen LogP contribution is -2.37. The van der Waals surface area contributed by atoms with Gasteiger partial charge in [-0.15, -0.1) is 5.10 Å². The molecule has 0 bridgehead atoms. The van der Waals surface area contributed by atoms with E-state index in [-0.39, 0.29) is 31.8 Å². The van der Waals surface area contributed by atoms with E-state index >= 15 is 0 Å². The van der Waals surface area contributed by atoms with Crippen LogP contribution in [-0.2, 0) is 31.7 Å². The average Bonchev–Trinajstić information content (AvgIpc) is 3.55. The molecule has 0 radical (unpaired) electrons. The molecule has 6 rings (SSSR count). The van der Waals surface area contributed by atoms with Gasteiger partial charge in [0.25, 0.3) is 10.0 Å². The highest BCUT2D eigenvalue weighted by Gasteiger charge is 2.39. The summed E-state index contributed by atoms with van der Waals surface area (Å²) in [6.07, 6.45) is 6.05. The van der Waals surface area contributed by atoms with Gasteiger partial charge in [-0.2, -0.15) is 4.72 Å². The van der Waals surface area contributed by atoms with Crippen molar-refractivity contribution in [1.29, 1.82) is 0 Å². The number of aromatic nitrogens is 3. The first-order chi connectivity index (χ1) is 20.3. The lowest BCUT2D eigenvalue weighted by molar-refractivity contribution is 0.0987. The largest absolute Gasteiger partial charge is 0.291 e. The van der Waals surface area contributed by atoms with Gasteiger partial charge in [0.2, 0.25) is 9.30 Å². The third-order valence-corrected chi connectivity index (χ3v) is 13.7. The van der Waals surface area contributed by atoms with Crippen molar-refractivity contribution in [2.75, 3.05) is 0 Å². The Balaban J connectivity index is 1.27. The number of carbonyl (C=O) groups excluding carboxylic acids is 1. The predicted octanol–water partition coefficient (Wildman–Crippen LogP) is 8.04. The van der Waals surface area contributed by atoms with E-state index in [0.29, 0.717) is 10.5 Å². The maximum absolute atomic E-state index is 13.5. The number of rotatable bonds is 6. The van der Waals surface area contributed by atoms with Gasteiger partial charge in [-0.25, -0.2) is 17.9 Å². The van der Waals surface area contributed by atoms with Crippen molar-refractivity contribution >= 4 is 48.0 Å². The molecule has 234 valence electrons. The summed E-state index contributed by atoms with van der Waals surface area (Å²) >= 11 is 4.29. The number of Topliss-reactive ketones (excluding diaryl/α,β-unsaturated/α-hetero) is 1. The molecule has 0 amide bonds. The van der Waals surface area contributed by atoms with E-state index in [0.717, 1.165) is 53.8 Å². The van der Waals surface area contributed by atoms with Crippen molar-refractivity contribution in [3.05, 3.63) is 70.4 Å². The number of benzene rings is 2. The molecule has 0 saturated heterocycles. The summed E-state index contributed by atoms with van der Waals surface area (Å²) in [7, 11) is -4.12. The number of hydrogen-bond acceptors (Lipinski definition) is 6. The van der Waals surface area contributed by atoms with Crippen LogP contribution in [0.2, 0.25) is 0 Å². The summed E-state index contributed by atoms with van der Waals surface area (Å²) in [5.41, 5.74) is 7.26. The quantitative estimate of drug-likeness (QED) is 0.125. The number of nitrogens with one attached hydrogen (secondary N) is 1. The Kier molecular flexibility index (Phi) is 7.40. The van der Waals surface area contributed by atoms with Gasteiger partial charge in [-0.3, -0.25) is 4.79 Å². The Morgan fingerprint density at radius 2 is 1.36 bits per heavy atom. The number of alkyl halides is 1. The van der Waals surface area contributed by atoms with Crippen LogP contribution in [0.5, 0.6) is 0 Å². The second-order valence-corrected chi connectivity index (χ2v) is 18.9. The van der Waals surface area contributed by atoms with Gasteiger partial charge in [0, 0.05) is 11.1 Å². The van der Waals surface area contributed by atoms with Crippen molar-refractivity contribution < 1.29 is 13.2 Å². The zero-order valence-corrected chi connectivity index (χ0v) is 29.9. The van der Waals surface area contributed by atoms with Crippen LogP contribution in [0, 0.1) is 0 Å². The molecule has 2 aliphatic rings. The fourth-order valence-corrected chi connectivity index (χ4v) is 9.95. The van der Waals surface area contributed by atoms with E-state index in [1.165, 1.54) is 16.7 Å². The van der Waals surface area contributed by atoms with Crippen molar-refractivity contribution in [3.63, 3.8) is 0 Å². The smallest absolute Gasteiger partial charge is 0.271 e. The molecule has 10 heteroatoms. The van der Waals surface area contributed by atoms with Gasteiger partial charge >= 0.3 is 0 Å². The number of hydrogen-bond donors (Lipinski definition) is 1. The first-order valence-electron chi connectivity index (χ1n) is 15.2. The Morgan fingerprint density at radius 1 is 0.841 bits per heavy atom. The number of imidazole rings is 1. The number of ketones is 1. The maximum atomic E-state index is 13.5. The molecule has 2 heterocycles. The molecule has 7 nitrogen and oxygen atoms in total. The Hall–Kier alpha value is -2.40. The molecule has 0 aliphatic heterocycles. The van der Waals surface area contributed by atoms with Crippen LogP contribution in [0.15, 0.2) is 46.9 Å². The molecule has 1 unspecified atom stereocenters. The number of fused-ring (bicyclic) bond motifs is 3. The lowest BCUT2D eigenvalue weighted by atomic mass is 9.63. The fraction of sp³-hybridized carbons (Fsp3) is 0.500. The normalized spacial score (nSPS) is 20.6. The van der Waals surface area contributed by atoms with Crippen LogP contribution in [0.3, 0.4) is 0 Å². The highest BCUT2D eigenvalue weighted by atomic mass is 79.9. The molecule has 1 atom stereocenters. The molecular formula is C34H41BrN4O3S2. The SMILES string of the molecule is CC1(C)CCC(C)(C)c2cc(C(=O)C(Br)NS(=O)(=O)c3nn4c(-c5ccc6c(c5)C(C)(C)CCC6(C)C)cnc4s3)ccc21. The summed E-state index contributed by atoms with van der Waals surface area (Å²) in [5.74, 6) is -0.350. The van der Waals surface area contributed by atoms with E-state index in [1.54, 1.807) is 16.8 Å². The molecule has 2 aromatic carbocycles. The lowest BCUT2D eigenvalue weighted by Gasteiger charge is -2.42. The first kappa shape index (κ1) is 31.6. The molecule has 2 aromatic heterocycles. The van der Waals surface area contributed by atoms with Gasteiger partial charge in [-0.05, 0) is 81.7 Å². The topological polar surface area (TPSA) is 93.4 Å². The predicted molar refractivity (Wildman–Crippen MR) is 181 cm³/mol. The van der Waals surface area contributed by atoms with Crippen LogP contribution in [0.4, 0.5) is 0 Å². The minimum atomic E-state index is -4.12. The standard InChI is InChI=1S/C34H41BrN4O3S2/c1-31(2)13-15-33(5,6)24-17-20(9-11-22(24)31)26-19-36-29-39(26)37-30(43-29)44(41,42)38-28(35)27(40)21-10-12-23-25(18-21)34(7,8)16-14-32(23,3)4/h9-12,17-19,28,38H,13-16H2,1-8H3. The average molecular weight is 698 g/mol. The minimum Gasteiger partial charge on any atom is -0.291 e. The Labute approximate surface area is 273 Å². The third kappa shape index (κ3) is 5.29. The van der Waals surface area contributed by atoms with Crippen molar-refractivity contribution in [1.82, 2.24) is 19.3 Å². The first-order valence-corrected chi connectivity index (χ1v) is 18.4. The monoisotopic (exact) mass is 696 g/mol. The van der Waals surface area contributed by atoms with E-state index in [9.17, 15) is 13.2 Å². The summed E-state index contributed by atoms with van der Waals surface area (Å²) in [4.78, 5) is 17.3. The zero-order valence-electron chi connectivity index (χ0n) is 26.7. The van der Waals surface area contributed by atoms with Crippen molar-refractivity contribution in [3.8, 4) is 11.3 Å². The van der Waals surface area contributed by atoms with Crippen molar-refractivity contribution in [2.24, 2.45) is 0 Å². The summed E-state index contributed by atoms with van der Waals surface area (Å²) in [5, 5.41) is 4.47. The van der Waals surface area contributed by atoms with E-state index in [1.807, 2.05) is 12.1 Å². The van der Waals surface area contributed by atoms with Gasteiger partial charge in [0.05, 0.1) is 11.9 Å². The number of halogens is 1. The molecule has 2 aliphatic carbocycles. The number of carbonyl (C=O) groups is 1.